The van der Waals surface area contributed by atoms with Gasteiger partial charge in [0.2, 0.25) is 0 Å². The molecule has 0 atom stereocenters. The molecule has 0 saturated heterocycles. The van der Waals surface area contributed by atoms with Crippen molar-refractivity contribution in [3.05, 3.63) is 95.7 Å². The summed E-state index contributed by atoms with van der Waals surface area (Å²) in [6.45, 7) is 0. The van der Waals surface area contributed by atoms with Crippen molar-refractivity contribution in [1.82, 2.24) is 4.98 Å². The van der Waals surface area contributed by atoms with Gasteiger partial charge in [-0.3, -0.25) is 9.52 Å². The monoisotopic (exact) mass is 506 g/mol. The van der Waals surface area contributed by atoms with Crippen LogP contribution in [-0.4, -0.2) is 35.4 Å². The van der Waals surface area contributed by atoms with E-state index in [-0.39, 0.29) is 32.5 Å². The van der Waals surface area contributed by atoms with Crippen LogP contribution in [-0.2, 0) is 10.0 Å². The molecule has 11 heteroatoms. The molecule has 0 aliphatic heterocycles. The van der Waals surface area contributed by atoms with Crippen molar-refractivity contribution in [2.75, 3.05) is 10.0 Å². The van der Waals surface area contributed by atoms with Gasteiger partial charge in [0.1, 0.15) is 4.99 Å². The molecule has 1 amide bonds. The molecule has 176 valence electrons. The van der Waals surface area contributed by atoms with Crippen LogP contribution in [0.15, 0.2) is 83.9 Å². The number of aromatic nitrogens is 1. The molecule has 5 N–H and O–H groups in total. The summed E-state index contributed by atoms with van der Waals surface area (Å²) < 4.78 is 28.5. The van der Waals surface area contributed by atoms with E-state index in [0.717, 1.165) is 23.0 Å². The van der Waals surface area contributed by atoms with Crippen molar-refractivity contribution in [3.63, 3.8) is 0 Å². The highest BCUT2D eigenvalue weighted by Crippen LogP contribution is 2.26. The Morgan fingerprint density at radius 2 is 1.54 bits per heavy atom. The van der Waals surface area contributed by atoms with Crippen LogP contribution in [0.5, 0.6) is 0 Å². The summed E-state index contributed by atoms with van der Waals surface area (Å²) in [5, 5.41) is 13.4. The van der Waals surface area contributed by atoms with Gasteiger partial charge in [0.25, 0.3) is 15.9 Å². The lowest BCUT2D eigenvalue weighted by atomic mass is 10.1. The van der Waals surface area contributed by atoms with Crippen LogP contribution in [0, 0.1) is 0 Å². The van der Waals surface area contributed by atoms with E-state index < -0.39 is 21.9 Å². The standard InChI is InChI=1S/C24H18N4O5S2/c25-21(34)15-5-7-16(8-6-15)23(29)27-20-12-18(24(30)31)13-26-22(20)28-35(32,33)19-10-9-14-3-1-2-4-17(14)11-19/h1-13H,(H2,25,34)(H,26,28)(H,27,29)(H,30,31). The zero-order valence-corrected chi connectivity index (χ0v) is 19.6. The van der Waals surface area contributed by atoms with Gasteiger partial charge in [-0.05, 0) is 41.1 Å². The van der Waals surface area contributed by atoms with Gasteiger partial charge in [-0.25, -0.2) is 18.2 Å². The fraction of sp³-hybridized carbons (Fsp3) is 0. The quantitative estimate of drug-likeness (QED) is 0.277. The lowest BCUT2D eigenvalue weighted by Gasteiger charge is -2.14. The van der Waals surface area contributed by atoms with Crippen LogP contribution in [0.1, 0.15) is 26.3 Å². The summed E-state index contributed by atoms with van der Waals surface area (Å²) in [4.78, 5) is 28.3. The van der Waals surface area contributed by atoms with Gasteiger partial charge in [0.05, 0.1) is 16.1 Å². The Labute approximate surface area is 205 Å². The molecule has 1 heterocycles. The predicted octanol–water partition coefficient (Wildman–Crippen LogP) is 3.62. The van der Waals surface area contributed by atoms with E-state index >= 15 is 0 Å². The summed E-state index contributed by atoms with van der Waals surface area (Å²) in [6, 6.07) is 19.1. The number of hydrogen-bond acceptors (Lipinski definition) is 6. The average Bonchev–Trinajstić information content (AvgIpc) is 2.84. The van der Waals surface area contributed by atoms with Crippen LogP contribution < -0.4 is 15.8 Å². The minimum Gasteiger partial charge on any atom is -0.478 e. The number of thiocarbonyl (C=S) groups is 1. The van der Waals surface area contributed by atoms with E-state index in [0.29, 0.717) is 5.56 Å². The van der Waals surface area contributed by atoms with E-state index in [2.05, 4.69) is 15.0 Å². The summed E-state index contributed by atoms with van der Waals surface area (Å²) in [5.41, 5.74) is 5.98. The maximum Gasteiger partial charge on any atom is 0.337 e. The van der Waals surface area contributed by atoms with Crippen LogP contribution in [0.25, 0.3) is 10.8 Å². The van der Waals surface area contributed by atoms with Gasteiger partial charge in [-0.2, -0.15) is 0 Å². The van der Waals surface area contributed by atoms with E-state index in [1.54, 1.807) is 30.3 Å². The number of fused-ring (bicyclic) bond motifs is 1. The average molecular weight is 507 g/mol. The number of nitrogens with one attached hydrogen (secondary N) is 2. The number of anilines is 2. The zero-order valence-electron chi connectivity index (χ0n) is 17.9. The lowest BCUT2D eigenvalue weighted by Crippen LogP contribution is -2.19. The van der Waals surface area contributed by atoms with Gasteiger partial charge < -0.3 is 16.2 Å². The van der Waals surface area contributed by atoms with Crippen LogP contribution >= 0.6 is 12.2 Å². The van der Waals surface area contributed by atoms with Crippen molar-refractivity contribution in [2.24, 2.45) is 5.73 Å². The third-order valence-corrected chi connectivity index (χ3v) is 6.65. The molecular formula is C24H18N4O5S2. The molecule has 9 nitrogen and oxygen atoms in total. The van der Waals surface area contributed by atoms with E-state index in [9.17, 15) is 23.1 Å². The number of nitrogens with zero attached hydrogens (tertiary/aromatic N) is 1. The van der Waals surface area contributed by atoms with Crippen molar-refractivity contribution < 1.29 is 23.1 Å². The molecule has 35 heavy (non-hydrogen) atoms. The number of sulfonamides is 1. The molecule has 0 fully saturated rings. The number of carboxylic acid groups (broad SMARTS) is 1. The third-order valence-electron chi connectivity index (χ3n) is 5.08. The first kappa shape index (κ1) is 23.8. The summed E-state index contributed by atoms with van der Waals surface area (Å²) in [7, 11) is -4.12. The molecule has 0 unspecified atom stereocenters. The summed E-state index contributed by atoms with van der Waals surface area (Å²) >= 11 is 4.90. The number of pyridine rings is 1. The molecule has 3 aromatic carbocycles. The van der Waals surface area contributed by atoms with E-state index in [1.165, 1.54) is 24.3 Å². The second kappa shape index (κ2) is 9.49. The maximum atomic E-state index is 13.1. The van der Waals surface area contributed by atoms with Crippen molar-refractivity contribution in [2.45, 2.75) is 4.90 Å². The highest BCUT2D eigenvalue weighted by atomic mass is 32.2. The van der Waals surface area contributed by atoms with Gasteiger partial charge in [0, 0.05) is 17.3 Å². The minimum absolute atomic E-state index is 0.0223. The minimum atomic E-state index is -4.12. The lowest BCUT2D eigenvalue weighted by molar-refractivity contribution is 0.0696. The van der Waals surface area contributed by atoms with Crippen molar-refractivity contribution in [1.29, 1.82) is 0 Å². The number of carboxylic acids is 1. The Kier molecular flexibility index (Phi) is 6.45. The smallest absolute Gasteiger partial charge is 0.337 e. The molecule has 4 aromatic rings. The zero-order chi connectivity index (χ0) is 25.2. The number of carbonyl (C=O) groups excluding carboxylic acids is 1. The maximum absolute atomic E-state index is 13.1. The molecule has 4 rings (SSSR count). The summed E-state index contributed by atoms with van der Waals surface area (Å²) in [5.74, 6) is -2.15. The number of hydrogen-bond donors (Lipinski definition) is 4. The highest BCUT2D eigenvalue weighted by molar-refractivity contribution is 7.92. The second-order valence-electron chi connectivity index (χ2n) is 7.44. The molecule has 0 saturated carbocycles. The fourth-order valence-corrected chi connectivity index (χ4v) is 4.46. The number of rotatable bonds is 7. The number of carbonyl (C=O) groups is 2. The molecule has 0 aliphatic rings. The molecule has 0 spiro atoms. The number of benzene rings is 3. The Morgan fingerprint density at radius 3 is 2.20 bits per heavy atom. The second-order valence-corrected chi connectivity index (χ2v) is 9.56. The highest BCUT2D eigenvalue weighted by Gasteiger charge is 2.20. The number of aromatic carboxylic acids is 1. The molecular weight excluding hydrogens is 488 g/mol. The first-order valence-corrected chi connectivity index (χ1v) is 12.0. The Balaban J connectivity index is 1.67. The Morgan fingerprint density at radius 1 is 0.886 bits per heavy atom. The summed E-state index contributed by atoms with van der Waals surface area (Å²) in [6.07, 6.45) is 0.993. The van der Waals surface area contributed by atoms with Crippen LogP contribution in [0.2, 0.25) is 0 Å². The molecule has 0 aliphatic carbocycles. The third kappa shape index (κ3) is 5.26. The van der Waals surface area contributed by atoms with E-state index in [1.807, 2.05) is 12.1 Å². The van der Waals surface area contributed by atoms with E-state index in [4.69, 9.17) is 18.0 Å². The van der Waals surface area contributed by atoms with Crippen LogP contribution in [0.3, 0.4) is 0 Å². The van der Waals surface area contributed by atoms with Gasteiger partial charge in [-0.1, -0.05) is 54.7 Å². The molecule has 0 bridgehead atoms. The van der Waals surface area contributed by atoms with Gasteiger partial charge in [-0.15, -0.1) is 0 Å². The molecule has 1 aromatic heterocycles. The van der Waals surface area contributed by atoms with Crippen LogP contribution in [0.4, 0.5) is 11.5 Å². The first-order chi connectivity index (χ1) is 16.6. The SMILES string of the molecule is NC(=S)c1ccc(C(=O)Nc2cc(C(=O)O)cnc2NS(=O)(=O)c2ccc3ccccc3c2)cc1. The molecule has 0 radical (unpaired) electrons. The van der Waals surface area contributed by atoms with Gasteiger partial charge >= 0.3 is 5.97 Å². The first-order valence-electron chi connectivity index (χ1n) is 10.1. The number of nitrogens with two attached hydrogens (primary N) is 1. The predicted molar refractivity (Wildman–Crippen MR) is 136 cm³/mol. The number of amides is 1. The Bertz CT molecular complexity index is 1590. The topological polar surface area (TPSA) is 151 Å². The van der Waals surface area contributed by atoms with Crippen molar-refractivity contribution in [3.8, 4) is 0 Å². The fourth-order valence-electron chi connectivity index (χ4n) is 3.26. The largest absolute Gasteiger partial charge is 0.478 e. The van der Waals surface area contributed by atoms with Gasteiger partial charge in [0.15, 0.2) is 5.82 Å². The Hall–Kier alpha value is -4.35. The van der Waals surface area contributed by atoms with Crippen molar-refractivity contribution >= 4 is 61.4 Å². The normalized spacial score (nSPS) is 11.1.